The normalized spacial score (nSPS) is 11.2. The van der Waals surface area contributed by atoms with Crippen LogP contribution in [0.5, 0.6) is 0 Å². The van der Waals surface area contributed by atoms with Gasteiger partial charge in [0.05, 0.1) is 22.4 Å². The van der Waals surface area contributed by atoms with Gasteiger partial charge in [-0.05, 0) is 63.4 Å². The molecule has 0 aliphatic rings. The van der Waals surface area contributed by atoms with Crippen LogP contribution in [-0.2, 0) is 0 Å². The van der Waals surface area contributed by atoms with E-state index in [1.165, 1.54) is 16.3 Å². The molecule has 7 aromatic carbocycles. The third kappa shape index (κ3) is 6.46. The van der Waals surface area contributed by atoms with Gasteiger partial charge in [-0.15, -0.1) is 0 Å². The van der Waals surface area contributed by atoms with E-state index < -0.39 is 0 Å². The van der Waals surface area contributed by atoms with Crippen molar-refractivity contribution in [1.82, 2.24) is 29.9 Å². The molecule has 56 heavy (non-hydrogen) atoms. The Morgan fingerprint density at radius 3 is 1.36 bits per heavy atom. The SMILES string of the molecule is c1ccc(-c2nc(-c3ccc(-c4ccc5ccccc5c4)cc3)nc(-c3ccc(-c4ccc5nc(-c6ccccc6)c(-c6cccnc6)nc5c4)cc3)n2)cc1. The van der Waals surface area contributed by atoms with Crippen LogP contribution in [0.4, 0.5) is 0 Å². The van der Waals surface area contributed by atoms with E-state index in [1.54, 1.807) is 6.20 Å². The van der Waals surface area contributed by atoms with Crippen molar-refractivity contribution in [2.45, 2.75) is 0 Å². The maximum Gasteiger partial charge on any atom is 0.164 e. The molecule has 0 atom stereocenters. The zero-order chi connectivity index (χ0) is 37.3. The lowest BCUT2D eigenvalue weighted by atomic mass is 10.00. The van der Waals surface area contributed by atoms with Gasteiger partial charge in [0, 0.05) is 40.2 Å². The third-order valence-electron chi connectivity index (χ3n) is 10.0. The van der Waals surface area contributed by atoms with E-state index in [0.717, 1.165) is 66.9 Å². The Balaban J connectivity index is 0.996. The van der Waals surface area contributed by atoms with Crippen molar-refractivity contribution in [3.05, 3.63) is 194 Å². The zero-order valence-corrected chi connectivity index (χ0v) is 30.2. The van der Waals surface area contributed by atoms with Crippen LogP contribution < -0.4 is 0 Å². The molecule has 0 fully saturated rings. The molecule has 0 unspecified atom stereocenters. The average Bonchev–Trinajstić information content (AvgIpc) is 3.29. The molecule has 10 aromatic rings. The highest BCUT2D eigenvalue weighted by molar-refractivity contribution is 5.89. The Morgan fingerprint density at radius 1 is 0.268 bits per heavy atom. The Bertz CT molecular complexity index is 2990. The second-order valence-corrected chi connectivity index (χ2v) is 13.6. The smallest absolute Gasteiger partial charge is 0.164 e. The maximum absolute atomic E-state index is 5.16. The Morgan fingerprint density at radius 2 is 0.732 bits per heavy atom. The fraction of sp³-hybridized carbons (Fsp3) is 0. The van der Waals surface area contributed by atoms with Crippen molar-refractivity contribution in [3.63, 3.8) is 0 Å². The number of hydrogen-bond acceptors (Lipinski definition) is 6. The van der Waals surface area contributed by atoms with E-state index in [-0.39, 0.29) is 0 Å². The lowest BCUT2D eigenvalue weighted by Crippen LogP contribution is -2.00. The fourth-order valence-corrected chi connectivity index (χ4v) is 7.08. The second kappa shape index (κ2) is 14.3. The second-order valence-electron chi connectivity index (χ2n) is 13.6. The van der Waals surface area contributed by atoms with Crippen LogP contribution >= 0.6 is 0 Å². The molecule has 262 valence electrons. The first-order valence-electron chi connectivity index (χ1n) is 18.5. The molecule has 6 nitrogen and oxygen atoms in total. The molecular formula is C50H32N6. The van der Waals surface area contributed by atoms with Crippen LogP contribution in [0.3, 0.4) is 0 Å². The number of hydrogen-bond donors (Lipinski definition) is 0. The van der Waals surface area contributed by atoms with Crippen molar-refractivity contribution in [1.29, 1.82) is 0 Å². The standard InChI is InChI=1S/C50H32N6/c1-3-11-36(12-4-1)46-47(43-16-9-29-51-32-43)53-45-31-42(27-28-44(45)52-46)35-19-24-39(25-20-35)50-55-48(37-13-5-2-6-14-37)54-49(56-50)38-22-17-34(18-23-38)41-26-21-33-10-7-8-15-40(33)30-41/h1-32H. The predicted octanol–water partition coefficient (Wildman–Crippen LogP) is 12.0. The van der Waals surface area contributed by atoms with Crippen LogP contribution in [0.2, 0.25) is 0 Å². The van der Waals surface area contributed by atoms with Crippen molar-refractivity contribution < 1.29 is 0 Å². The molecule has 3 aromatic heterocycles. The highest BCUT2D eigenvalue weighted by Crippen LogP contribution is 2.34. The van der Waals surface area contributed by atoms with Crippen LogP contribution in [0.15, 0.2) is 194 Å². The molecule has 0 saturated heterocycles. The first kappa shape index (κ1) is 32.9. The highest BCUT2D eigenvalue weighted by Gasteiger charge is 2.16. The van der Waals surface area contributed by atoms with Gasteiger partial charge in [-0.3, -0.25) is 4.98 Å². The summed E-state index contributed by atoms with van der Waals surface area (Å²) in [5, 5.41) is 2.45. The molecule has 0 spiro atoms. The van der Waals surface area contributed by atoms with E-state index >= 15 is 0 Å². The fourth-order valence-electron chi connectivity index (χ4n) is 7.08. The summed E-state index contributed by atoms with van der Waals surface area (Å²) in [5.74, 6) is 1.86. The molecule has 0 saturated carbocycles. The molecule has 0 radical (unpaired) electrons. The summed E-state index contributed by atoms with van der Waals surface area (Å²) < 4.78 is 0. The predicted molar refractivity (Wildman–Crippen MR) is 226 cm³/mol. The number of aromatic nitrogens is 6. The third-order valence-corrected chi connectivity index (χ3v) is 10.0. The van der Waals surface area contributed by atoms with Gasteiger partial charge in [-0.1, -0.05) is 152 Å². The van der Waals surface area contributed by atoms with Crippen LogP contribution in [0, 0.1) is 0 Å². The summed E-state index contributed by atoms with van der Waals surface area (Å²) in [7, 11) is 0. The quantitative estimate of drug-likeness (QED) is 0.163. The number of benzene rings is 7. The van der Waals surface area contributed by atoms with Gasteiger partial charge < -0.3 is 0 Å². The molecule has 3 heterocycles. The summed E-state index contributed by atoms with van der Waals surface area (Å²) in [4.78, 5) is 29.5. The number of rotatable bonds is 7. The molecule has 6 heteroatoms. The van der Waals surface area contributed by atoms with Crippen molar-refractivity contribution in [3.8, 4) is 78.9 Å². The van der Waals surface area contributed by atoms with Crippen LogP contribution in [0.1, 0.15) is 0 Å². The largest absolute Gasteiger partial charge is 0.264 e. The van der Waals surface area contributed by atoms with Crippen molar-refractivity contribution in [2.75, 3.05) is 0 Å². The van der Waals surface area contributed by atoms with Gasteiger partial charge in [0.1, 0.15) is 0 Å². The molecular weight excluding hydrogens is 685 g/mol. The minimum atomic E-state index is 0.609. The van der Waals surface area contributed by atoms with Gasteiger partial charge in [0.25, 0.3) is 0 Å². The van der Waals surface area contributed by atoms with E-state index in [0.29, 0.717) is 17.5 Å². The molecule has 10 rings (SSSR count). The lowest BCUT2D eigenvalue weighted by Gasteiger charge is -2.12. The summed E-state index contributed by atoms with van der Waals surface area (Å²) in [6.07, 6.45) is 3.61. The Kier molecular flexibility index (Phi) is 8.39. The summed E-state index contributed by atoms with van der Waals surface area (Å²) >= 11 is 0. The van der Waals surface area contributed by atoms with Crippen LogP contribution in [0.25, 0.3) is 101 Å². The van der Waals surface area contributed by atoms with Gasteiger partial charge in [0.15, 0.2) is 17.5 Å². The van der Waals surface area contributed by atoms with Gasteiger partial charge in [-0.25, -0.2) is 24.9 Å². The van der Waals surface area contributed by atoms with Gasteiger partial charge in [0.2, 0.25) is 0 Å². The molecule has 0 bridgehead atoms. The van der Waals surface area contributed by atoms with E-state index in [9.17, 15) is 0 Å². The monoisotopic (exact) mass is 716 g/mol. The van der Waals surface area contributed by atoms with Gasteiger partial charge >= 0.3 is 0 Å². The summed E-state index contributed by atoms with van der Waals surface area (Å²) in [5.41, 5.74) is 12.3. The van der Waals surface area contributed by atoms with Crippen LogP contribution in [-0.4, -0.2) is 29.9 Å². The van der Waals surface area contributed by atoms with Crippen molar-refractivity contribution in [2.24, 2.45) is 0 Å². The van der Waals surface area contributed by atoms with Crippen molar-refractivity contribution >= 4 is 21.8 Å². The minimum absolute atomic E-state index is 0.609. The molecule has 0 aliphatic carbocycles. The topological polar surface area (TPSA) is 77.3 Å². The first-order chi connectivity index (χ1) is 27.7. The van der Waals surface area contributed by atoms with E-state index in [1.807, 2.05) is 72.9 Å². The molecule has 0 aliphatic heterocycles. The van der Waals surface area contributed by atoms with Gasteiger partial charge in [-0.2, -0.15) is 0 Å². The highest BCUT2D eigenvalue weighted by atomic mass is 15.0. The zero-order valence-electron chi connectivity index (χ0n) is 30.2. The maximum atomic E-state index is 5.16. The van der Waals surface area contributed by atoms with E-state index in [4.69, 9.17) is 24.9 Å². The number of pyridine rings is 1. The average molecular weight is 717 g/mol. The molecule has 0 amide bonds. The number of fused-ring (bicyclic) bond motifs is 2. The number of nitrogens with zero attached hydrogens (tertiary/aromatic N) is 6. The first-order valence-corrected chi connectivity index (χ1v) is 18.5. The Labute approximate surface area is 324 Å². The minimum Gasteiger partial charge on any atom is -0.264 e. The summed E-state index contributed by atoms with van der Waals surface area (Å²) in [6, 6.07) is 62.2. The summed E-state index contributed by atoms with van der Waals surface area (Å²) in [6.45, 7) is 0. The Hall–Kier alpha value is -7.70. The molecule has 0 N–H and O–H groups in total. The lowest BCUT2D eigenvalue weighted by molar-refractivity contribution is 1.07. The van der Waals surface area contributed by atoms with E-state index in [2.05, 4.69) is 120 Å².